The highest BCUT2D eigenvalue weighted by molar-refractivity contribution is 6.36. The summed E-state index contributed by atoms with van der Waals surface area (Å²) in [5, 5.41) is 8.28. The number of rotatable bonds is 8. The van der Waals surface area contributed by atoms with Gasteiger partial charge in [0.2, 0.25) is 0 Å². The smallest absolute Gasteiger partial charge is 0.280 e. The first-order chi connectivity index (χ1) is 18.8. The van der Waals surface area contributed by atoms with Crippen molar-refractivity contribution in [3.05, 3.63) is 100 Å². The van der Waals surface area contributed by atoms with E-state index in [0.29, 0.717) is 26.9 Å². The van der Waals surface area contributed by atoms with Gasteiger partial charge in [0.05, 0.1) is 35.5 Å². The summed E-state index contributed by atoms with van der Waals surface area (Å²) in [6, 6.07) is 14.6. The highest BCUT2D eigenvalue weighted by Crippen LogP contribution is 2.30. The number of nitrogens with zero attached hydrogens (tertiary/aromatic N) is 3. The summed E-state index contributed by atoms with van der Waals surface area (Å²) in [6.45, 7) is 0.223. The molecular formula is C27H22Cl2FN5O4. The fraction of sp³-hybridized carbons (Fsp3) is 0.185. The molecule has 0 aliphatic carbocycles. The third-order valence-corrected chi connectivity index (χ3v) is 6.77. The molecule has 2 aromatic heterocycles. The molecule has 3 heterocycles. The van der Waals surface area contributed by atoms with Crippen molar-refractivity contribution < 1.29 is 23.5 Å². The fourth-order valence-electron chi connectivity index (χ4n) is 4.36. The molecule has 0 spiro atoms. The maximum atomic E-state index is 13.6. The van der Waals surface area contributed by atoms with Crippen molar-refractivity contribution in [3.8, 4) is 17.1 Å². The molecule has 1 aliphatic rings. The summed E-state index contributed by atoms with van der Waals surface area (Å²) < 4.78 is 26.2. The Balaban J connectivity index is 1.47. The van der Waals surface area contributed by atoms with Gasteiger partial charge >= 0.3 is 0 Å². The minimum absolute atomic E-state index is 0.0749. The first-order valence-electron chi connectivity index (χ1n) is 11.9. The number of benzene rings is 2. The number of nitrogens with one attached hydrogen (secondary N) is 1. The SMILES string of the molecule is NC(=O)C1(C(Cc2ccc(F)cc2)NC(=O)c2cccnc2-n2ccc(-c3ccc(Cl)cc3Cl)n2)OCCO1. The summed E-state index contributed by atoms with van der Waals surface area (Å²) in [4.78, 5) is 30.5. The van der Waals surface area contributed by atoms with Crippen molar-refractivity contribution in [2.24, 2.45) is 5.73 Å². The second kappa shape index (κ2) is 11.1. The molecule has 0 saturated carbocycles. The molecule has 3 N–H and O–H groups in total. The number of hydrogen-bond donors (Lipinski definition) is 2. The van der Waals surface area contributed by atoms with Crippen LogP contribution >= 0.6 is 23.2 Å². The Bertz CT molecular complexity index is 1520. The maximum Gasteiger partial charge on any atom is 0.280 e. The van der Waals surface area contributed by atoms with Crippen molar-refractivity contribution in [3.63, 3.8) is 0 Å². The van der Waals surface area contributed by atoms with Crippen LogP contribution in [0.5, 0.6) is 0 Å². The van der Waals surface area contributed by atoms with Crippen LogP contribution in [0.25, 0.3) is 17.1 Å². The van der Waals surface area contributed by atoms with Crippen molar-refractivity contribution in [2.45, 2.75) is 18.2 Å². The number of hydrogen-bond acceptors (Lipinski definition) is 6. The molecule has 4 aromatic rings. The van der Waals surface area contributed by atoms with Crippen LogP contribution in [0.15, 0.2) is 73.1 Å². The summed E-state index contributed by atoms with van der Waals surface area (Å²) in [6.07, 6.45) is 3.24. The van der Waals surface area contributed by atoms with Gasteiger partial charge in [-0.15, -0.1) is 0 Å². The van der Waals surface area contributed by atoms with Crippen LogP contribution in [0, 0.1) is 5.82 Å². The minimum Gasteiger partial charge on any atom is -0.365 e. The molecule has 200 valence electrons. The number of amides is 2. The van der Waals surface area contributed by atoms with Crippen LogP contribution in [0.3, 0.4) is 0 Å². The molecule has 1 aliphatic heterocycles. The van der Waals surface area contributed by atoms with E-state index in [4.69, 9.17) is 38.4 Å². The topological polar surface area (TPSA) is 121 Å². The second-order valence-corrected chi connectivity index (χ2v) is 9.57. The first-order valence-corrected chi connectivity index (χ1v) is 12.6. The Morgan fingerprint density at radius 2 is 1.85 bits per heavy atom. The van der Waals surface area contributed by atoms with Gasteiger partial charge in [0.15, 0.2) is 5.82 Å². The van der Waals surface area contributed by atoms with E-state index in [1.54, 1.807) is 54.7 Å². The van der Waals surface area contributed by atoms with Gasteiger partial charge in [-0.1, -0.05) is 35.3 Å². The number of primary amides is 1. The van der Waals surface area contributed by atoms with E-state index < -0.39 is 29.5 Å². The third-order valence-electron chi connectivity index (χ3n) is 6.22. The van der Waals surface area contributed by atoms with Crippen molar-refractivity contribution >= 4 is 35.0 Å². The first kappa shape index (κ1) is 26.8. The maximum absolute atomic E-state index is 13.6. The van der Waals surface area contributed by atoms with E-state index in [9.17, 15) is 14.0 Å². The van der Waals surface area contributed by atoms with Gasteiger partial charge in [-0.05, 0) is 60.5 Å². The number of carbonyl (C=O) groups excluding carboxylic acids is 2. The molecule has 2 aromatic carbocycles. The Morgan fingerprint density at radius 1 is 1.10 bits per heavy atom. The van der Waals surface area contributed by atoms with Gasteiger partial charge in [-0.3, -0.25) is 9.59 Å². The standard InChI is InChI=1S/C27H22Cl2FN5O4/c28-17-5-8-19(21(29)15-17)22-9-11-35(34-22)24-20(2-1-10-32-24)25(36)33-23(14-16-3-6-18(30)7-4-16)27(26(31)37)38-12-13-39-27/h1-11,15,23H,12-14H2,(H2,31,37)(H,33,36). The van der Waals surface area contributed by atoms with Gasteiger partial charge < -0.3 is 20.5 Å². The Kier molecular flexibility index (Phi) is 7.62. The molecule has 0 bridgehead atoms. The molecule has 1 fully saturated rings. The van der Waals surface area contributed by atoms with Crippen molar-refractivity contribution in [2.75, 3.05) is 13.2 Å². The van der Waals surface area contributed by atoms with Crippen LogP contribution in [0.1, 0.15) is 15.9 Å². The van der Waals surface area contributed by atoms with Crippen molar-refractivity contribution in [1.29, 1.82) is 0 Å². The summed E-state index contributed by atoms with van der Waals surface area (Å²) in [5.41, 5.74) is 7.67. The lowest BCUT2D eigenvalue weighted by Crippen LogP contribution is -2.61. The predicted molar refractivity (Wildman–Crippen MR) is 142 cm³/mol. The van der Waals surface area contributed by atoms with E-state index in [0.717, 1.165) is 0 Å². The lowest BCUT2D eigenvalue weighted by atomic mass is 9.97. The molecule has 1 unspecified atom stereocenters. The minimum atomic E-state index is -1.91. The molecule has 12 heteroatoms. The molecule has 39 heavy (non-hydrogen) atoms. The Hall–Kier alpha value is -3.83. The van der Waals surface area contributed by atoms with E-state index >= 15 is 0 Å². The van der Waals surface area contributed by atoms with Gasteiger partial charge in [0.1, 0.15) is 5.82 Å². The predicted octanol–water partition coefficient (Wildman–Crippen LogP) is 3.95. The zero-order valence-electron chi connectivity index (χ0n) is 20.3. The number of pyridine rings is 1. The molecule has 0 radical (unpaired) electrons. The highest BCUT2D eigenvalue weighted by atomic mass is 35.5. The van der Waals surface area contributed by atoms with Gasteiger partial charge in [-0.2, -0.15) is 5.10 Å². The van der Waals surface area contributed by atoms with E-state index in [2.05, 4.69) is 15.4 Å². The average Bonchev–Trinajstić information content (AvgIpc) is 3.61. The van der Waals surface area contributed by atoms with Crippen LogP contribution in [-0.4, -0.2) is 51.6 Å². The third kappa shape index (κ3) is 5.50. The number of halogens is 3. The average molecular weight is 570 g/mol. The lowest BCUT2D eigenvalue weighted by Gasteiger charge is -2.33. The van der Waals surface area contributed by atoms with E-state index in [-0.39, 0.29) is 31.0 Å². The highest BCUT2D eigenvalue weighted by Gasteiger charge is 2.51. The number of aromatic nitrogens is 3. The van der Waals surface area contributed by atoms with Crippen LogP contribution in [0.4, 0.5) is 4.39 Å². The molecular weight excluding hydrogens is 548 g/mol. The molecule has 1 saturated heterocycles. The second-order valence-electron chi connectivity index (χ2n) is 8.73. The van der Waals surface area contributed by atoms with Gasteiger partial charge in [0, 0.05) is 23.0 Å². The Morgan fingerprint density at radius 3 is 2.54 bits per heavy atom. The summed E-state index contributed by atoms with van der Waals surface area (Å²) in [5.74, 6) is -3.57. The fourth-order valence-corrected chi connectivity index (χ4v) is 4.86. The van der Waals surface area contributed by atoms with Crippen LogP contribution in [0.2, 0.25) is 10.0 Å². The van der Waals surface area contributed by atoms with Gasteiger partial charge in [0.25, 0.3) is 17.6 Å². The van der Waals surface area contributed by atoms with Crippen LogP contribution < -0.4 is 11.1 Å². The van der Waals surface area contributed by atoms with E-state index in [1.165, 1.54) is 23.0 Å². The zero-order chi connectivity index (χ0) is 27.6. The lowest BCUT2D eigenvalue weighted by molar-refractivity contribution is -0.189. The normalized spacial score (nSPS) is 15.2. The summed E-state index contributed by atoms with van der Waals surface area (Å²) >= 11 is 12.3. The van der Waals surface area contributed by atoms with Gasteiger partial charge in [-0.25, -0.2) is 14.1 Å². The molecule has 5 rings (SSSR count). The largest absolute Gasteiger partial charge is 0.365 e. The van der Waals surface area contributed by atoms with Crippen LogP contribution in [-0.2, 0) is 20.7 Å². The number of ether oxygens (including phenoxy) is 2. The monoisotopic (exact) mass is 569 g/mol. The summed E-state index contributed by atoms with van der Waals surface area (Å²) in [7, 11) is 0. The van der Waals surface area contributed by atoms with E-state index in [1.807, 2.05) is 0 Å². The molecule has 2 amide bonds. The van der Waals surface area contributed by atoms with Crippen molar-refractivity contribution in [1.82, 2.24) is 20.1 Å². The quantitative estimate of drug-likeness (QED) is 0.331. The molecule has 9 nitrogen and oxygen atoms in total. The number of carbonyl (C=O) groups is 2. The zero-order valence-corrected chi connectivity index (χ0v) is 21.8. The Labute approximate surface area is 232 Å². The number of nitrogens with two attached hydrogens (primary N) is 1. The molecule has 1 atom stereocenters.